The summed E-state index contributed by atoms with van der Waals surface area (Å²) in [4.78, 5) is 3.40. The number of aryl methyl sites for hydroxylation is 1. The van der Waals surface area contributed by atoms with Gasteiger partial charge in [-0.2, -0.15) is 13.2 Å². The molecule has 0 amide bonds. The van der Waals surface area contributed by atoms with Crippen molar-refractivity contribution in [3.63, 3.8) is 0 Å². The summed E-state index contributed by atoms with van der Waals surface area (Å²) in [5.74, 6) is 0. The van der Waals surface area contributed by atoms with Crippen molar-refractivity contribution < 1.29 is 18.3 Å². The van der Waals surface area contributed by atoms with E-state index in [0.717, 1.165) is 16.7 Å². The van der Waals surface area contributed by atoms with Crippen LogP contribution in [0, 0.1) is 0 Å². The van der Waals surface area contributed by atoms with E-state index in [0.29, 0.717) is 17.8 Å². The van der Waals surface area contributed by atoms with Crippen LogP contribution < -0.4 is 0 Å². The lowest BCUT2D eigenvalue weighted by Gasteiger charge is -1.99. The van der Waals surface area contributed by atoms with Gasteiger partial charge in [0.1, 0.15) is 0 Å². The molecule has 0 aliphatic heterocycles. The Hall–Kier alpha value is -0.620. The van der Waals surface area contributed by atoms with Crippen molar-refractivity contribution in [2.45, 2.75) is 19.0 Å². The monoisotopic (exact) mass is 211 g/mol. The van der Waals surface area contributed by atoms with E-state index < -0.39 is 11.9 Å². The molecule has 1 rings (SSSR count). The molecule has 13 heavy (non-hydrogen) atoms. The molecule has 0 unspecified atom stereocenters. The van der Waals surface area contributed by atoms with Gasteiger partial charge in [-0.15, -0.1) is 11.3 Å². The molecular weight excluding hydrogens is 203 g/mol. The maximum atomic E-state index is 12.0. The van der Waals surface area contributed by atoms with Crippen LogP contribution in [0.1, 0.15) is 17.1 Å². The van der Waals surface area contributed by atoms with E-state index in [9.17, 15) is 13.2 Å². The number of halogens is 3. The third kappa shape index (κ3) is 2.96. The van der Waals surface area contributed by atoms with Gasteiger partial charge in [0.15, 0.2) is 5.69 Å². The fraction of sp³-hybridized carbons (Fsp3) is 0.571. The molecule has 0 saturated carbocycles. The molecule has 0 atom stereocenters. The summed E-state index contributed by atoms with van der Waals surface area (Å²) in [6.07, 6.45) is -3.50. The number of hydrogen-bond donors (Lipinski definition) is 1. The van der Waals surface area contributed by atoms with Gasteiger partial charge in [0, 0.05) is 18.4 Å². The first-order valence-electron chi connectivity index (χ1n) is 3.66. The van der Waals surface area contributed by atoms with Gasteiger partial charge in [-0.05, 0) is 6.42 Å². The average Bonchev–Trinajstić information content (AvgIpc) is 2.47. The van der Waals surface area contributed by atoms with Crippen LogP contribution in [-0.2, 0) is 12.6 Å². The van der Waals surface area contributed by atoms with Crippen LogP contribution in [-0.4, -0.2) is 16.7 Å². The topological polar surface area (TPSA) is 33.1 Å². The van der Waals surface area contributed by atoms with Crippen LogP contribution in [0.5, 0.6) is 0 Å². The quantitative estimate of drug-likeness (QED) is 0.830. The number of thiazole rings is 1. The molecule has 1 heterocycles. The second-order valence-corrected chi connectivity index (χ2v) is 3.39. The van der Waals surface area contributed by atoms with Crippen LogP contribution in [0.25, 0.3) is 0 Å². The van der Waals surface area contributed by atoms with E-state index in [-0.39, 0.29) is 6.61 Å². The first kappa shape index (κ1) is 10.5. The molecule has 0 aromatic carbocycles. The Labute approximate surface area is 77.0 Å². The number of nitrogens with zero attached hydrogens (tertiary/aromatic N) is 1. The van der Waals surface area contributed by atoms with Crippen molar-refractivity contribution in [3.05, 3.63) is 16.1 Å². The molecule has 0 saturated heterocycles. The SMILES string of the molecule is OCCCc1nc(C(F)(F)F)cs1. The predicted molar refractivity (Wildman–Crippen MR) is 42.5 cm³/mol. The molecule has 74 valence electrons. The highest BCUT2D eigenvalue weighted by Gasteiger charge is 2.33. The van der Waals surface area contributed by atoms with Gasteiger partial charge in [-0.3, -0.25) is 0 Å². The highest BCUT2D eigenvalue weighted by atomic mass is 32.1. The smallest absolute Gasteiger partial charge is 0.396 e. The minimum atomic E-state index is -4.35. The first-order valence-corrected chi connectivity index (χ1v) is 4.54. The minimum absolute atomic E-state index is 0.0269. The van der Waals surface area contributed by atoms with Gasteiger partial charge >= 0.3 is 6.18 Å². The largest absolute Gasteiger partial charge is 0.434 e. The number of rotatable bonds is 3. The third-order valence-corrected chi connectivity index (χ3v) is 2.30. The molecule has 1 aromatic heterocycles. The van der Waals surface area contributed by atoms with Gasteiger partial charge in [0.05, 0.1) is 5.01 Å². The summed E-state index contributed by atoms with van der Waals surface area (Å²) >= 11 is 0.974. The lowest BCUT2D eigenvalue weighted by Crippen LogP contribution is -2.05. The van der Waals surface area contributed by atoms with Crippen LogP contribution in [0.15, 0.2) is 5.38 Å². The standard InChI is InChI=1S/C7H8F3NOS/c8-7(9,10)5-4-13-6(11-5)2-1-3-12/h4,12H,1-3H2. The normalized spacial score (nSPS) is 12.0. The number of aromatic nitrogens is 1. The van der Waals surface area contributed by atoms with Gasteiger partial charge < -0.3 is 5.11 Å². The number of aliphatic hydroxyl groups excluding tert-OH is 1. The second kappa shape index (κ2) is 4.06. The highest BCUT2D eigenvalue weighted by molar-refractivity contribution is 7.09. The third-order valence-electron chi connectivity index (χ3n) is 1.39. The van der Waals surface area contributed by atoms with Gasteiger partial charge in [0.2, 0.25) is 0 Å². The maximum Gasteiger partial charge on any atom is 0.434 e. The van der Waals surface area contributed by atoms with Crippen LogP contribution in [0.2, 0.25) is 0 Å². The summed E-state index contributed by atoms with van der Waals surface area (Å²) in [5, 5.41) is 9.86. The molecule has 0 fully saturated rings. The summed E-state index contributed by atoms with van der Waals surface area (Å²) < 4.78 is 36.1. The van der Waals surface area contributed by atoms with Crippen molar-refractivity contribution in [2.24, 2.45) is 0 Å². The zero-order valence-corrected chi connectivity index (χ0v) is 7.45. The zero-order chi connectivity index (χ0) is 9.90. The van der Waals surface area contributed by atoms with E-state index in [2.05, 4.69) is 4.98 Å². The summed E-state index contributed by atoms with van der Waals surface area (Å²) in [5.41, 5.74) is -0.842. The Kier molecular flexibility index (Phi) is 3.27. The first-order chi connectivity index (χ1) is 6.04. The molecule has 0 bridgehead atoms. The van der Waals surface area contributed by atoms with Crippen molar-refractivity contribution in [1.82, 2.24) is 4.98 Å². The van der Waals surface area contributed by atoms with E-state index in [1.54, 1.807) is 0 Å². The molecule has 0 spiro atoms. The highest BCUT2D eigenvalue weighted by Crippen LogP contribution is 2.30. The second-order valence-electron chi connectivity index (χ2n) is 2.45. The Morgan fingerprint density at radius 1 is 1.46 bits per heavy atom. The molecule has 0 aliphatic carbocycles. The summed E-state index contributed by atoms with van der Waals surface area (Å²) in [6, 6.07) is 0. The predicted octanol–water partition coefficient (Wildman–Crippen LogP) is 2.09. The Bertz CT molecular complexity index is 271. The molecule has 2 nitrogen and oxygen atoms in total. The molecular formula is C7H8F3NOS. The molecule has 0 radical (unpaired) electrons. The van der Waals surface area contributed by atoms with Gasteiger partial charge in [0.25, 0.3) is 0 Å². The minimum Gasteiger partial charge on any atom is -0.396 e. The van der Waals surface area contributed by atoms with Gasteiger partial charge in [-0.1, -0.05) is 0 Å². The van der Waals surface area contributed by atoms with Crippen molar-refractivity contribution in [3.8, 4) is 0 Å². The van der Waals surface area contributed by atoms with Crippen molar-refractivity contribution in [1.29, 1.82) is 0 Å². The fourth-order valence-electron chi connectivity index (χ4n) is 0.786. The van der Waals surface area contributed by atoms with Crippen LogP contribution in [0.4, 0.5) is 13.2 Å². The Morgan fingerprint density at radius 2 is 2.15 bits per heavy atom. The number of alkyl halides is 3. The Balaban J connectivity index is 2.64. The van der Waals surface area contributed by atoms with E-state index in [4.69, 9.17) is 5.11 Å². The lowest BCUT2D eigenvalue weighted by atomic mass is 10.3. The van der Waals surface area contributed by atoms with E-state index >= 15 is 0 Å². The van der Waals surface area contributed by atoms with Crippen molar-refractivity contribution >= 4 is 11.3 Å². The van der Waals surface area contributed by atoms with E-state index in [1.165, 1.54) is 0 Å². The average molecular weight is 211 g/mol. The lowest BCUT2D eigenvalue weighted by molar-refractivity contribution is -0.140. The summed E-state index contributed by atoms with van der Waals surface area (Å²) in [7, 11) is 0. The molecule has 1 aromatic rings. The molecule has 1 N–H and O–H groups in total. The zero-order valence-electron chi connectivity index (χ0n) is 6.64. The van der Waals surface area contributed by atoms with Crippen LogP contribution >= 0.6 is 11.3 Å². The fourth-order valence-corrected chi connectivity index (χ4v) is 1.63. The maximum absolute atomic E-state index is 12.0. The molecule has 0 aliphatic rings. The van der Waals surface area contributed by atoms with Crippen molar-refractivity contribution in [2.75, 3.05) is 6.61 Å². The number of aliphatic hydroxyl groups is 1. The van der Waals surface area contributed by atoms with Crippen LogP contribution in [0.3, 0.4) is 0 Å². The van der Waals surface area contributed by atoms with E-state index in [1.807, 2.05) is 0 Å². The summed E-state index contributed by atoms with van der Waals surface area (Å²) in [6.45, 7) is -0.0269. The number of hydrogen-bond acceptors (Lipinski definition) is 3. The molecule has 6 heteroatoms. The Morgan fingerprint density at radius 3 is 2.62 bits per heavy atom. The van der Waals surface area contributed by atoms with Gasteiger partial charge in [-0.25, -0.2) is 4.98 Å².